The molecule has 15 heavy (non-hydrogen) atoms. The van der Waals surface area contributed by atoms with Crippen LogP contribution in [-0.4, -0.2) is 20.8 Å². The maximum atomic E-state index is 4.11. The van der Waals surface area contributed by atoms with E-state index in [-0.39, 0.29) is 6.04 Å². The molecular weight excluding hydrogens is 188 g/mol. The Morgan fingerprint density at radius 3 is 2.67 bits per heavy atom. The van der Waals surface area contributed by atoms with Crippen molar-refractivity contribution < 1.29 is 0 Å². The molecule has 1 N–H and O–H groups in total. The summed E-state index contributed by atoms with van der Waals surface area (Å²) in [6.45, 7) is 6.58. The van der Waals surface area contributed by atoms with E-state index in [2.05, 4.69) is 36.3 Å². The summed E-state index contributed by atoms with van der Waals surface area (Å²) in [7, 11) is 1.98. The third-order valence-corrected chi connectivity index (χ3v) is 2.75. The van der Waals surface area contributed by atoms with Gasteiger partial charge in [0.25, 0.3) is 0 Å². The van der Waals surface area contributed by atoms with Gasteiger partial charge in [0.15, 0.2) is 0 Å². The maximum absolute atomic E-state index is 4.11. The van der Waals surface area contributed by atoms with E-state index in [4.69, 9.17) is 0 Å². The van der Waals surface area contributed by atoms with Crippen molar-refractivity contribution in [1.29, 1.82) is 0 Å². The van der Waals surface area contributed by atoms with Crippen molar-refractivity contribution in [2.75, 3.05) is 0 Å². The molecule has 0 spiro atoms. The molecule has 4 nitrogen and oxygen atoms in total. The van der Waals surface area contributed by atoms with Crippen LogP contribution in [0.15, 0.2) is 6.33 Å². The van der Waals surface area contributed by atoms with Crippen LogP contribution in [0.5, 0.6) is 0 Å². The van der Waals surface area contributed by atoms with Gasteiger partial charge in [0.05, 0.1) is 6.04 Å². The van der Waals surface area contributed by atoms with Gasteiger partial charge in [0.2, 0.25) is 0 Å². The first-order chi connectivity index (χ1) is 7.19. The largest absolute Gasteiger partial charge is 0.319 e. The van der Waals surface area contributed by atoms with Crippen LogP contribution in [0.25, 0.3) is 0 Å². The second-order valence-corrected chi connectivity index (χ2v) is 4.08. The van der Waals surface area contributed by atoms with E-state index < -0.39 is 0 Å². The highest BCUT2D eigenvalue weighted by molar-refractivity contribution is 4.92. The van der Waals surface area contributed by atoms with Crippen LogP contribution in [-0.2, 0) is 7.05 Å². The first kappa shape index (κ1) is 12.2. The average molecular weight is 210 g/mol. The van der Waals surface area contributed by atoms with Crippen molar-refractivity contribution in [3.05, 3.63) is 12.2 Å². The molecule has 2 atom stereocenters. The molecule has 0 aliphatic heterocycles. The number of nitrogens with zero attached hydrogens (tertiary/aromatic N) is 3. The monoisotopic (exact) mass is 210 g/mol. The van der Waals surface area contributed by atoms with Crippen molar-refractivity contribution in [3.8, 4) is 0 Å². The highest BCUT2D eigenvalue weighted by Gasteiger charge is 2.14. The minimum Gasteiger partial charge on any atom is -0.319 e. The van der Waals surface area contributed by atoms with Crippen LogP contribution in [0, 0.1) is 0 Å². The van der Waals surface area contributed by atoms with Crippen molar-refractivity contribution in [2.45, 2.75) is 52.1 Å². The summed E-state index contributed by atoms with van der Waals surface area (Å²) >= 11 is 0. The lowest BCUT2D eigenvalue weighted by Gasteiger charge is -2.21. The lowest BCUT2D eigenvalue weighted by atomic mass is 10.1. The number of rotatable bonds is 6. The number of hydrogen-bond acceptors (Lipinski definition) is 3. The van der Waals surface area contributed by atoms with Crippen LogP contribution in [0.4, 0.5) is 0 Å². The first-order valence-electron chi connectivity index (χ1n) is 5.78. The minimum atomic E-state index is 0.272. The van der Waals surface area contributed by atoms with Gasteiger partial charge in [-0.15, -0.1) is 10.2 Å². The molecule has 0 fully saturated rings. The predicted octanol–water partition coefficient (Wildman–Crippen LogP) is 2.04. The third-order valence-electron chi connectivity index (χ3n) is 2.75. The van der Waals surface area contributed by atoms with E-state index in [1.807, 2.05) is 11.6 Å². The average Bonchev–Trinajstić information content (AvgIpc) is 2.63. The van der Waals surface area contributed by atoms with Gasteiger partial charge in [0, 0.05) is 13.1 Å². The van der Waals surface area contributed by atoms with Crippen molar-refractivity contribution >= 4 is 0 Å². The minimum absolute atomic E-state index is 0.272. The predicted molar refractivity (Wildman–Crippen MR) is 61.5 cm³/mol. The summed E-state index contributed by atoms with van der Waals surface area (Å²) in [6, 6.07) is 0.857. The standard InChI is InChI=1S/C11H22N4/c1-5-7-10(6-2)13-9(3)11-14-12-8-15(11)4/h8-10,13H,5-7H2,1-4H3. The fraction of sp³-hybridized carbons (Fsp3) is 0.818. The van der Waals surface area contributed by atoms with Gasteiger partial charge in [-0.1, -0.05) is 20.3 Å². The van der Waals surface area contributed by atoms with Gasteiger partial charge in [-0.3, -0.25) is 0 Å². The molecule has 1 aromatic heterocycles. The Balaban J connectivity index is 2.54. The number of aryl methyl sites for hydroxylation is 1. The number of nitrogens with one attached hydrogen (secondary N) is 1. The number of aromatic nitrogens is 3. The quantitative estimate of drug-likeness (QED) is 0.781. The van der Waals surface area contributed by atoms with Crippen LogP contribution in [0.1, 0.15) is 51.9 Å². The molecule has 4 heteroatoms. The zero-order valence-electron chi connectivity index (χ0n) is 10.2. The van der Waals surface area contributed by atoms with E-state index in [0.29, 0.717) is 6.04 Å². The van der Waals surface area contributed by atoms with E-state index in [1.165, 1.54) is 12.8 Å². The van der Waals surface area contributed by atoms with Gasteiger partial charge in [-0.05, 0) is 19.8 Å². The van der Waals surface area contributed by atoms with Gasteiger partial charge in [-0.25, -0.2) is 0 Å². The fourth-order valence-corrected chi connectivity index (χ4v) is 1.87. The molecule has 0 saturated heterocycles. The molecule has 2 unspecified atom stereocenters. The van der Waals surface area contributed by atoms with Gasteiger partial charge in [-0.2, -0.15) is 0 Å². The normalized spacial score (nSPS) is 15.2. The summed E-state index contributed by atoms with van der Waals surface area (Å²) in [6.07, 6.45) is 5.35. The molecule has 0 saturated carbocycles. The van der Waals surface area contributed by atoms with Gasteiger partial charge < -0.3 is 9.88 Å². The Morgan fingerprint density at radius 1 is 1.47 bits per heavy atom. The zero-order chi connectivity index (χ0) is 11.3. The Morgan fingerprint density at radius 2 is 2.20 bits per heavy atom. The molecule has 1 rings (SSSR count). The van der Waals surface area contributed by atoms with Crippen molar-refractivity contribution in [1.82, 2.24) is 20.1 Å². The van der Waals surface area contributed by atoms with E-state index in [1.54, 1.807) is 6.33 Å². The Labute approximate surface area is 92.1 Å². The summed E-state index contributed by atoms with van der Waals surface area (Å²) in [5, 5.41) is 11.6. The van der Waals surface area contributed by atoms with Gasteiger partial charge in [0.1, 0.15) is 12.2 Å². The molecule has 86 valence electrons. The molecule has 0 bridgehead atoms. The van der Waals surface area contributed by atoms with Crippen LogP contribution >= 0.6 is 0 Å². The lowest BCUT2D eigenvalue weighted by Crippen LogP contribution is -2.32. The highest BCUT2D eigenvalue weighted by atomic mass is 15.3. The molecule has 0 aliphatic carbocycles. The smallest absolute Gasteiger partial charge is 0.149 e. The van der Waals surface area contributed by atoms with Crippen molar-refractivity contribution in [2.24, 2.45) is 7.05 Å². The Kier molecular flexibility index (Phi) is 4.75. The molecule has 0 aliphatic rings. The lowest BCUT2D eigenvalue weighted by molar-refractivity contribution is 0.401. The summed E-state index contributed by atoms with van der Waals surface area (Å²) in [5.74, 6) is 1.00. The van der Waals surface area contributed by atoms with E-state index in [0.717, 1.165) is 12.2 Å². The zero-order valence-corrected chi connectivity index (χ0v) is 10.2. The van der Waals surface area contributed by atoms with Crippen LogP contribution in [0.2, 0.25) is 0 Å². The Bertz CT molecular complexity index is 282. The topological polar surface area (TPSA) is 42.7 Å². The van der Waals surface area contributed by atoms with Gasteiger partial charge >= 0.3 is 0 Å². The molecule has 1 heterocycles. The first-order valence-corrected chi connectivity index (χ1v) is 5.78. The van der Waals surface area contributed by atoms with Crippen LogP contribution in [0.3, 0.4) is 0 Å². The van der Waals surface area contributed by atoms with E-state index in [9.17, 15) is 0 Å². The fourth-order valence-electron chi connectivity index (χ4n) is 1.87. The van der Waals surface area contributed by atoms with Crippen molar-refractivity contribution in [3.63, 3.8) is 0 Å². The molecule has 0 radical (unpaired) electrons. The molecule has 0 aromatic carbocycles. The third kappa shape index (κ3) is 3.30. The second kappa shape index (κ2) is 5.85. The van der Waals surface area contributed by atoms with E-state index >= 15 is 0 Å². The Hall–Kier alpha value is -0.900. The summed E-state index contributed by atoms with van der Waals surface area (Å²) < 4.78 is 1.97. The maximum Gasteiger partial charge on any atom is 0.149 e. The number of hydrogen-bond donors (Lipinski definition) is 1. The summed E-state index contributed by atoms with van der Waals surface area (Å²) in [5.41, 5.74) is 0. The van der Waals surface area contributed by atoms with Crippen LogP contribution < -0.4 is 5.32 Å². The second-order valence-electron chi connectivity index (χ2n) is 4.08. The molecular formula is C11H22N4. The molecule has 0 amide bonds. The summed E-state index contributed by atoms with van der Waals surface area (Å²) in [4.78, 5) is 0. The molecule has 1 aromatic rings. The SMILES string of the molecule is CCCC(CC)NC(C)c1nncn1C. The highest BCUT2D eigenvalue weighted by Crippen LogP contribution is 2.11.